The predicted octanol–water partition coefficient (Wildman–Crippen LogP) is 16.3. The molecular formula is C63H106N2O7P+. The highest BCUT2D eigenvalue weighted by Crippen LogP contribution is 2.43. The van der Waals surface area contributed by atoms with Gasteiger partial charge in [-0.25, -0.2) is 4.57 Å². The minimum Gasteiger partial charge on any atom is -0.390 e. The Hall–Kier alpha value is -3.66. The van der Waals surface area contributed by atoms with Gasteiger partial charge in [-0.3, -0.25) is 13.8 Å². The van der Waals surface area contributed by atoms with Gasteiger partial charge in [0.15, 0.2) is 0 Å². The maximum Gasteiger partial charge on any atom is 0.472 e. The van der Waals surface area contributed by atoms with Crippen LogP contribution in [0.1, 0.15) is 187 Å². The molecule has 4 unspecified atom stereocenters. The van der Waals surface area contributed by atoms with Crippen LogP contribution in [0.5, 0.6) is 0 Å². The second-order valence-corrected chi connectivity index (χ2v) is 21.1. The maximum absolute atomic E-state index is 13.0. The van der Waals surface area contributed by atoms with Gasteiger partial charge >= 0.3 is 7.82 Å². The maximum atomic E-state index is 13.0. The fourth-order valence-corrected chi connectivity index (χ4v) is 7.92. The van der Waals surface area contributed by atoms with E-state index in [1.807, 2.05) is 21.1 Å². The molecule has 0 spiro atoms. The number of unbranched alkanes of at least 4 members (excludes halogenated alkanes) is 11. The van der Waals surface area contributed by atoms with Gasteiger partial charge in [0.2, 0.25) is 5.91 Å². The molecule has 0 bridgehead atoms. The predicted molar refractivity (Wildman–Crippen MR) is 314 cm³/mol. The number of aliphatic hydroxyl groups excluding tert-OH is 2. The SMILES string of the molecule is CC/C=C\C/C=C\C/C=C\C/C=C\C/C=C\C/C=C\C/C=C\C/C=C\C/C=C\C/C=C\CCCCCCCCC(=O)NC(COP(=O)(O)OCC[N+](C)(C)C)C(O)C(O)CCC/C=C/CC/C=C/CCCCC. The number of rotatable bonds is 49. The van der Waals surface area contributed by atoms with Crippen molar-refractivity contribution in [1.82, 2.24) is 5.32 Å². The number of phosphoric ester groups is 1. The van der Waals surface area contributed by atoms with Gasteiger partial charge in [-0.15, -0.1) is 0 Å². The number of quaternary nitrogens is 1. The lowest BCUT2D eigenvalue weighted by molar-refractivity contribution is -0.870. The molecule has 4 N–H and O–H groups in total. The Kier molecular flexibility index (Phi) is 49.2. The van der Waals surface area contributed by atoms with Crippen molar-refractivity contribution in [3.63, 3.8) is 0 Å². The zero-order valence-electron chi connectivity index (χ0n) is 46.7. The molecule has 0 aliphatic rings. The first kappa shape index (κ1) is 69.3. The monoisotopic (exact) mass is 1030 g/mol. The molecule has 0 fully saturated rings. The van der Waals surface area contributed by atoms with Crippen LogP contribution in [0.3, 0.4) is 0 Å². The van der Waals surface area contributed by atoms with Crippen LogP contribution in [0.2, 0.25) is 0 Å². The summed E-state index contributed by atoms with van der Waals surface area (Å²) in [7, 11) is 1.37. The summed E-state index contributed by atoms with van der Waals surface area (Å²) < 4.78 is 23.5. The Labute approximate surface area is 447 Å². The van der Waals surface area contributed by atoms with Gasteiger partial charge in [0.1, 0.15) is 19.3 Å². The highest BCUT2D eigenvalue weighted by atomic mass is 31.2. The fraction of sp³-hybridized carbons (Fsp3) is 0.603. The van der Waals surface area contributed by atoms with Crippen molar-refractivity contribution in [1.29, 1.82) is 0 Å². The number of likely N-dealkylation sites (N-methyl/N-ethyl adjacent to an activating group) is 1. The van der Waals surface area contributed by atoms with Crippen LogP contribution in [0, 0.1) is 0 Å². The first-order chi connectivity index (χ1) is 35.4. The van der Waals surface area contributed by atoms with E-state index in [2.05, 4.69) is 165 Å². The molecule has 0 saturated heterocycles. The standard InChI is InChI=1S/C63H105N2O7P/c1-6-8-10-12-14-16-18-20-21-22-23-24-25-26-27-28-29-30-31-32-33-34-35-36-37-38-39-40-41-42-43-44-46-48-50-52-54-56-62(67)64-60(59-72-73(69,70)71-58-57-65(3,4)5)63(68)61(66)55-53-51-49-47-45-19-17-15-13-11-9-7-2/h8,10,14-17,20-21,23-24,26-27,29-30,32-33,35-36,38-39,41-42,47,49,60-61,63,66,68H,6-7,9,11-13,18-19,22,25,28,31,34,37,40,43-46,48,50-59H2,1-5H3,(H-,64,67,69,70)/p+1/b10-8-,16-14-,17-15+,21-20-,24-23-,27-26-,30-29-,33-32-,36-35-,39-38-,42-41-,49-47+. The van der Waals surface area contributed by atoms with Crippen LogP contribution < -0.4 is 5.32 Å². The number of nitrogens with one attached hydrogen (secondary N) is 1. The summed E-state index contributed by atoms with van der Waals surface area (Å²) in [5.41, 5.74) is 0. The van der Waals surface area contributed by atoms with Crippen molar-refractivity contribution in [2.45, 2.75) is 205 Å². The summed E-state index contributed by atoms with van der Waals surface area (Å²) in [6.07, 6.45) is 76.5. The molecular weight excluding hydrogens is 928 g/mol. The number of phosphoric acid groups is 1. The van der Waals surface area contributed by atoms with E-state index in [-0.39, 0.29) is 18.9 Å². The smallest absolute Gasteiger partial charge is 0.390 e. The largest absolute Gasteiger partial charge is 0.472 e. The number of allylic oxidation sites excluding steroid dienone is 24. The topological polar surface area (TPSA) is 125 Å². The van der Waals surface area contributed by atoms with Gasteiger partial charge in [0, 0.05) is 6.42 Å². The Morgan fingerprint density at radius 2 is 0.863 bits per heavy atom. The first-order valence-electron chi connectivity index (χ1n) is 28.3. The van der Waals surface area contributed by atoms with Crippen molar-refractivity contribution in [2.75, 3.05) is 40.9 Å². The van der Waals surface area contributed by atoms with E-state index in [9.17, 15) is 24.5 Å². The first-order valence-corrected chi connectivity index (χ1v) is 29.8. The molecule has 414 valence electrons. The summed E-state index contributed by atoms with van der Waals surface area (Å²) in [6.45, 7) is 4.39. The van der Waals surface area contributed by atoms with Gasteiger partial charge in [-0.05, 0) is 128 Å². The van der Waals surface area contributed by atoms with Crippen LogP contribution in [0.15, 0.2) is 146 Å². The number of aliphatic hydroxyl groups is 2. The zero-order valence-corrected chi connectivity index (χ0v) is 47.6. The van der Waals surface area contributed by atoms with E-state index in [0.717, 1.165) is 128 Å². The quantitative estimate of drug-likeness (QED) is 0.0207. The van der Waals surface area contributed by atoms with Crippen molar-refractivity contribution in [2.24, 2.45) is 0 Å². The molecule has 0 rings (SSSR count). The molecule has 0 heterocycles. The lowest BCUT2D eigenvalue weighted by Crippen LogP contribution is -2.51. The number of carbonyl (C=O) groups excluding carboxylic acids is 1. The van der Waals surface area contributed by atoms with E-state index in [4.69, 9.17) is 9.05 Å². The number of hydrogen-bond donors (Lipinski definition) is 4. The molecule has 0 radical (unpaired) electrons. The van der Waals surface area contributed by atoms with Crippen LogP contribution in [-0.2, 0) is 18.4 Å². The number of hydrogen-bond acceptors (Lipinski definition) is 6. The van der Waals surface area contributed by atoms with E-state index in [1.165, 1.54) is 19.3 Å². The van der Waals surface area contributed by atoms with Crippen LogP contribution in [-0.4, -0.2) is 84.6 Å². The molecule has 4 atom stereocenters. The lowest BCUT2D eigenvalue weighted by atomic mass is 10.0. The number of amides is 1. The van der Waals surface area contributed by atoms with Crippen LogP contribution >= 0.6 is 7.82 Å². The highest BCUT2D eigenvalue weighted by Gasteiger charge is 2.31. The Balaban J connectivity index is 4.28. The number of nitrogens with zero attached hydrogens (tertiary/aromatic N) is 1. The molecule has 0 aromatic carbocycles. The third kappa shape index (κ3) is 53.0. The Bertz CT molecular complexity index is 1710. The van der Waals surface area contributed by atoms with Gasteiger partial charge in [0.25, 0.3) is 0 Å². The van der Waals surface area contributed by atoms with E-state index in [1.54, 1.807) is 0 Å². The Morgan fingerprint density at radius 3 is 1.30 bits per heavy atom. The van der Waals surface area contributed by atoms with Crippen LogP contribution in [0.25, 0.3) is 0 Å². The normalized spacial score (nSPS) is 15.5. The highest BCUT2D eigenvalue weighted by molar-refractivity contribution is 7.47. The fourth-order valence-electron chi connectivity index (χ4n) is 7.18. The van der Waals surface area contributed by atoms with Gasteiger partial charge in [0.05, 0.1) is 39.9 Å². The van der Waals surface area contributed by atoms with Crippen molar-refractivity contribution in [3.8, 4) is 0 Å². The minimum atomic E-state index is -4.45. The second-order valence-electron chi connectivity index (χ2n) is 19.7. The van der Waals surface area contributed by atoms with Crippen LogP contribution in [0.4, 0.5) is 0 Å². The molecule has 0 aliphatic heterocycles. The van der Waals surface area contributed by atoms with Crippen molar-refractivity contribution in [3.05, 3.63) is 146 Å². The average Bonchev–Trinajstić information content (AvgIpc) is 3.35. The summed E-state index contributed by atoms with van der Waals surface area (Å²) in [5.74, 6) is -0.295. The molecule has 0 aromatic rings. The lowest BCUT2D eigenvalue weighted by Gasteiger charge is -2.28. The second kappa shape index (κ2) is 51.8. The summed E-state index contributed by atoms with van der Waals surface area (Å²) in [6, 6.07) is -1.08. The summed E-state index contributed by atoms with van der Waals surface area (Å²) in [5, 5.41) is 24.7. The third-order valence-electron chi connectivity index (χ3n) is 11.6. The Morgan fingerprint density at radius 1 is 0.493 bits per heavy atom. The zero-order chi connectivity index (χ0) is 53.6. The molecule has 0 aromatic heterocycles. The van der Waals surface area contributed by atoms with Gasteiger partial charge < -0.3 is 24.9 Å². The molecule has 73 heavy (non-hydrogen) atoms. The van der Waals surface area contributed by atoms with E-state index >= 15 is 0 Å². The van der Waals surface area contributed by atoms with Gasteiger partial charge in [-0.2, -0.15) is 0 Å². The third-order valence-corrected chi connectivity index (χ3v) is 12.6. The minimum absolute atomic E-state index is 0.00234. The van der Waals surface area contributed by atoms with E-state index in [0.29, 0.717) is 30.3 Å². The van der Waals surface area contributed by atoms with Crippen molar-refractivity contribution >= 4 is 13.7 Å². The molecule has 0 saturated carbocycles. The van der Waals surface area contributed by atoms with E-state index < -0.39 is 32.7 Å². The summed E-state index contributed by atoms with van der Waals surface area (Å²) in [4.78, 5) is 23.3. The van der Waals surface area contributed by atoms with Crippen molar-refractivity contribution < 1.29 is 38.0 Å². The summed E-state index contributed by atoms with van der Waals surface area (Å²) >= 11 is 0. The average molecular weight is 1030 g/mol. The molecule has 9 nitrogen and oxygen atoms in total. The molecule has 10 heteroatoms. The molecule has 0 aliphatic carbocycles. The van der Waals surface area contributed by atoms with Gasteiger partial charge in [-0.1, -0.05) is 198 Å². The number of carbonyl (C=O) groups is 1. The molecule has 1 amide bonds.